The molecule has 1 N–H and O–H groups in total. The molecule has 7 heteroatoms. The van der Waals surface area contributed by atoms with E-state index in [4.69, 9.17) is 4.42 Å². The molecule has 3 rings (SSSR count). The molecule has 3 aromatic rings. The van der Waals surface area contributed by atoms with Crippen LogP contribution in [0.15, 0.2) is 40.4 Å². The molecule has 0 unspecified atom stereocenters. The third-order valence-electron chi connectivity index (χ3n) is 2.89. The SMILES string of the molecule is C[C@H](NCCn1cccn1)c1nnc(-c2cccs2)o1. The van der Waals surface area contributed by atoms with E-state index in [9.17, 15) is 0 Å². The van der Waals surface area contributed by atoms with E-state index in [0.29, 0.717) is 11.8 Å². The van der Waals surface area contributed by atoms with Crippen molar-refractivity contribution in [1.82, 2.24) is 25.3 Å². The molecule has 0 saturated heterocycles. The first-order valence-electron chi connectivity index (χ1n) is 6.41. The van der Waals surface area contributed by atoms with Crippen molar-refractivity contribution in [3.8, 4) is 10.8 Å². The summed E-state index contributed by atoms with van der Waals surface area (Å²) in [6.45, 7) is 3.61. The Bertz CT molecular complexity index is 632. The number of aromatic nitrogens is 4. The molecule has 20 heavy (non-hydrogen) atoms. The molecule has 0 aliphatic carbocycles. The molecule has 3 heterocycles. The lowest BCUT2D eigenvalue weighted by molar-refractivity contribution is 0.411. The highest BCUT2D eigenvalue weighted by Gasteiger charge is 2.14. The van der Waals surface area contributed by atoms with E-state index in [2.05, 4.69) is 20.6 Å². The minimum atomic E-state index is 0.0202. The Labute approximate surface area is 120 Å². The average Bonchev–Trinajstić information content (AvgIpc) is 3.20. The second-order valence-corrected chi connectivity index (χ2v) is 5.32. The standard InChI is InChI=1S/C13H15N5OS/c1-10(14-6-8-18-7-3-5-15-18)12-16-17-13(19-12)11-4-2-9-20-11/h2-5,7,9-10,14H,6,8H2,1H3/t10-/m0/s1. The van der Waals surface area contributed by atoms with Gasteiger partial charge in [0.2, 0.25) is 5.89 Å². The molecule has 0 aliphatic heterocycles. The average molecular weight is 289 g/mol. The maximum Gasteiger partial charge on any atom is 0.257 e. The molecule has 0 aromatic carbocycles. The van der Waals surface area contributed by atoms with E-state index in [1.807, 2.05) is 41.4 Å². The normalized spacial score (nSPS) is 12.7. The summed E-state index contributed by atoms with van der Waals surface area (Å²) in [5.41, 5.74) is 0. The topological polar surface area (TPSA) is 68.8 Å². The van der Waals surface area contributed by atoms with Gasteiger partial charge in [0, 0.05) is 18.9 Å². The maximum atomic E-state index is 5.68. The second-order valence-electron chi connectivity index (χ2n) is 4.37. The molecule has 0 aliphatic rings. The fraction of sp³-hybridized carbons (Fsp3) is 0.308. The Balaban J connectivity index is 1.56. The van der Waals surface area contributed by atoms with Gasteiger partial charge in [-0.3, -0.25) is 4.68 Å². The molecule has 0 radical (unpaired) electrons. The zero-order valence-electron chi connectivity index (χ0n) is 11.1. The van der Waals surface area contributed by atoms with Gasteiger partial charge in [-0.25, -0.2) is 0 Å². The predicted octanol–water partition coefficient (Wildman–Crippen LogP) is 2.35. The lowest BCUT2D eigenvalue weighted by Gasteiger charge is -2.09. The first kappa shape index (κ1) is 13.0. The minimum Gasteiger partial charge on any atom is -0.418 e. The number of rotatable bonds is 6. The summed E-state index contributed by atoms with van der Waals surface area (Å²) in [6, 6.07) is 5.87. The number of nitrogens with one attached hydrogen (secondary N) is 1. The van der Waals surface area contributed by atoms with Gasteiger partial charge in [-0.1, -0.05) is 6.07 Å². The summed E-state index contributed by atoms with van der Waals surface area (Å²) in [6.07, 6.45) is 3.71. The van der Waals surface area contributed by atoms with Crippen LogP contribution in [-0.2, 0) is 6.54 Å². The van der Waals surface area contributed by atoms with E-state index in [1.54, 1.807) is 17.5 Å². The first-order valence-corrected chi connectivity index (χ1v) is 7.29. The van der Waals surface area contributed by atoms with E-state index in [1.165, 1.54) is 0 Å². The van der Waals surface area contributed by atoms with Gasteiger partial charge in [-0.15, -0.1) is 21.5 Å². The first-order chi connectivity index (χ1) is 9.83. The van der Waals surface area contributed by atoms with Gasteiger partial charge in [-0.2, -0.15) is 5.10 Å². The monoisotopic (exact) mass is 289 g/mol. The largest absolute Gasteiger partial charge is 0.418 e. The quantitative estimate of drug-likeness (QED) is 0.754. The Kier molecular flexibility index (Phi) is 3.89. The Hall–Kier alpha value is -1.99. The lowest BCUT2D eigenvalue weighted by Crippen LogP contribution is -2.23. The third-order valence-corrected chi connectivity index (χ3v) is 3.75. The van der Waals surface area contributed by atoms with Crippen LogP contribution in [0.1, 0.15) is 18.9 Å². The van der Waals surface area contributed by atoms with Crippen molar-refractivity contribution in [3.63, 3.8) is 0 Å². The van der Waals surface area contributed by atoms with Crippen LogP contribution in [0.4, 0.5) is 0 Å². The highest BCUT2D eigenvalue weighted by atomic mass is 32.1. The van der Waals surface area contributed by atoms with Crippen LogP contribution in [0.5, 0.6) is 0 Å². The second kappa shape index (κ2) is 5.98. The van der Waals surface area contributed by atoms with Crippen LogP contribution < -0.4 is 5.32 Å². The van der Waals surface area contributed by atoms with E-state index < -0.39 is 0 Å². The van der Waals surface area contributed by atoms with Gasteiger partial charge < -0.3 is 9.73 Å². The zero-order valence-corrected chi connectivity index (χ0v) is 11.9. The molecule has 0 fully saturated rings. The van der Waals surface area contributed by atoms with Crippen LogP contribution in [0.2, 0.25) is 0 Å². The van der Waals surface area contributed by atoms with E-state index in [-0.39, 0.29) is 6.04 Å². The molecule has 6 nitrogen and oxygen atoms in total. The van der Waals surface area contributed by atoms with Crippen LogP contribution >= 0.6 is 11.3 Å². The van der Waals surface area contributed by atoms with Crippen LogP contribution in [0, 0.1) is 0 Å². The summed E-state index contributed by atoms with van der Waals surface area (Å²) < 4.78 is 7.56. The van der Waals surface area contributed by atoms with Gasteiger partial charge in [0.05, 0.1) is 17.5 Å². The van der Waals surface area contributed by atoms with Crippen molar-refractivity contribution < 1.29 is 4.42 Å². The van der Waals surface area contributed by atoms with Crippen molar-refractivity contribution in [2.75, 3.05) is 6.54 Å². The van der Waals surface area contributed by atoms with Crippen LogP contribution in [0.25, 0.3) is 10.8 Å². The summed E-state index contributed by atoms with van der Waals surface area (Å²) >= 11 is 1.59. The molecular formula is C13H15N5OS. The van der Waals surface area contributed by atoms with Crippen molar-refractivity contribution in [2.24, 2.45) is 0 Å². The Morgan fingerprint density at radius 3 is 3.10 bits per heavy atom. The fourth-order valence-electron chi connectivity index (χ4n) is 1.83. The maximum absolute atomic E-state index is 5.68. The molecule has 0 spiro atoms. The van der Waals surface area contributed by atoms with Crippen LogP contribution in [0.3, 0.4) is 0 Å². The van der Waals surface area contributed by atoms with Crippen LogP contribution in [-0.4, -0.2) is 26.5 Å². The Morgan fingerprint density at radius 2 is 2.35 bits per heavy atom. The van der Waals surface area contributed by atoms with Gasteiger partial charge in [0.15, 0.2) is 0 Å². The Morgan fingerprint density at radius 1 is 1.40 bits per heavy atom. The van der Waals surface area contributed by atoms with Gasteiger partial charge in [-0.05, 0) is 24.4 Å². The van der Waals surface area contributed by atoms with Gasteiger partial charge in [0.25, 0.3) is 5.89 Å². The number of nitrogens with zero attached hydrogens (tertiary/aromatic N) is 4. The van der Waals surface area contributed by atoms with E-state index in [0.717, 1.165) is 18.0 Å². The molecule has 0 bridgehead atoms. The highest BCUT2D eigenvalue weighted by Crippen LogP contribution is 2.24. The number of thiophene rings is 1. The van der Waals surface area contributed by atoms with Gasteiger partial charge in [0.1, 0.15) is 0 Å². The molecule has 1 atom stereocenters. The molecule has 3 aromatic heterocycles. The summed E-state index contributed by atoms with van der Waals surface area (Å²) in [5.74, 6) is 1.18. The molecule has 0 saturated carbocycles. The van der Waals surface area contributed by atoms with Gasteiger partial charge >= 0.3 is 0 Å². The smallest absolute Gasteiger partial charge is 0.257 e. The van der Waals surface area contributed by atoms with Crippen molar-refractivity contribution in [3.05, 3.63) is 41.9 Å². The molecular weight excluding hydrogens is 274 g/mol. The van der Waals surface area contributed by atoms with Crippen molar-refractivity contribution in [2.45, 2.75) is 19.5 Å². The molecule has 104 valence electrons. The van der Waals surface area contributed by atoms with Crippen molar-refractivity contribution in [1.29, 1.82) is 0 Å². The van der Waals surface area contributed by atoms with E-state index >= 15 is 0 Å². The highest BCUT2D eigenvalue weighted by molar-refractivity contribution is 7.13. The van der Waals surface area contributed by atoms with Crippen molar-refractivity contribution >= 4 is 11.3 Å². The summed E-state index contributed by atoms with van der Waals surface area (Å²) in [5, 5.41) is 17.7. The number of hydrogen-bond acceptors (Lipinski definition) is 6. The fourth-order valence-corrected chi connectivity index (χ4v) is 2.47. The minimum absolute atomic E-state index is 0.0202. The lowest BCUT2D eigenvalue weighted by atomic mass is 10.3. The third kappa shape index (κ3) is 2.94. The predicted molar refractivity (Wildman–Crippen MR) is 76.3 cm³/mol. The summed E-state index contributed by atoms with van der Waals surface area (Å²) in [4.78, 5) is 0.993. The molecule has 0 amide bonds. The number of hydrogen-bond donors (Lipinski definition) is 1. The zero-order chi connectivity index (χ0) is 13.8. The summed E-state index contributed by atoms with van der Waals surface area (Å²) in [7, 11) is 0.